The summed E-state index contributed by atoms with van der Waals surface area (Å²) in [7, 11) is 0. The first kappa shape index (κ1) is 19.1. The Morgan fingerprint density at radius 3 is 1.86 bits per heavy atom. The van der Waals surface area contributed by atoms with Gasteiger partial charge in [-0.05, 0) is 24.1 Å². The van der Waals surface area contributed by atoms with E-state index in [1.54, 1.807) is 0 Å². The number of alkyl halides is 2. The molecule has 0 bridgehead atoms. The Bertz CT molecular complexity index is 369. The average Bonchev–Trinajstić information content (AvgIpc) is 2.52. The summed E-state index contributed by atoms with van der Waals surface area (Å²) in [5, 5.41) is 0.757. The normalized spacial score (nSPS) is 11.8. The van der Waals surface area contributed by atoms with Gasteiger partial charge in [-0.25, -0.2) is 0 Å². The summed E-state index contributed by atoms with van der Waals surface area (Å²) >= 11 is 18.5. The zero-order chi connectivity index (χ0) is 15.6. The molecule has 0 aliphatic carbocycles. The van der Waals surface area contributed by atoms with Gasteiger partial charge >= 0.3 is 0 Å². The maximum absolute atomic E-state index is 6.26. The molecule has 0 N–H and O–H groups in total. The summed E-state index contributed by atoms with van der Waals surface area (Å²) in [5.74, 6) is 1.13. The van der Waals surface area contributed by atoms with Crippen molar-refractivity contribution in [1.82, 2.24) is 0 Å². The molecular weight excluding hydrogens is 323 g/mol. The predicted octanol–water partition coefficient (Wildman–Crippen LogP) is 7.20. The smallest absolute Gasteiger partial charge is 0.0406 e. The van der Waals surface area contributed by atoms with Crippen LogP contribution in [0.4, 0.5) is 0 Å². The van der Waals surface area contributed by atoms with E-state index in [0.717, 1.165) is 11.4 Å². The molecule has 120 valence electrons. The first-order valence-corrected chi connectivity index (χ1v) is 9.51. The molecule has 0 saturated carbocycles. The third kappa shape index (κ3) is 6.38. The van der Waals surface area contributed by atoms with Crippen LogP contribution in [0.1, 0.15) is 63.9 Å². The Kier molecular flexibility index (Phi) is 9.80. The molecule has 0 nitrogen and oxygen atoms in total. The second kappa shape index (κ2) is 10.8. The molecule has 0 aromatic heterocycles. The van der Waals surface area contributed by atoms with Gasteiger partial charge in [0.05, 0.1) is 0 Å². The molecule has 0 aliphatic rings. The van der Waals surface area contributed by atoms with E-state index in [2.05, 4.69) is 19.1 Å². The molecule has 1 aromatic carbocycles. The number of hydrogen-bond donors (Lipinski definition) is 0. The Hall–Kier alpha value is 0.0900. The number of rotatable bonds is 11. The minimum atomic E-state index is -0.114. The Morgan fingerprint density at radius 2 is 1.33 bits per heavy atom. The van der Waals surface area contributed by atoms with Crippen molar-refractivity contribution in [2.24, 2.45) is 0 Å². The zero-order valence-corrected chi connectivity index (χ0v) is 15.3. The monoisotopic (exact) mass is 348 g/mol. The van der Waals surface area contributed by atoms with Crippen LogP contribution >= 0.6 is 34.8 Å². The van der Waals surface area contributed by atoms with Crippen LogP contribution in [0.5, 0.6) is 0 Å². The lowest BCUT2D eigenvalue weighted by Gasteiger charge is -2.30. The molecule has 1 rings (SSSR count). The highest BCUT2D eigenvalue weighted by molar-refractivity contribution is 6.30. The van der Waals surface area contributed by atoms with Gasteiger partial charge in [-0.15, -0.1) is 23.2 Å². The summed E-state index contributed by atoms with van der Waals surface area (Å²) < 4.78 is 0. The summed E-state index contributed by atoms with van der Waals surface area (Å²) in [5.41, 5.74) is 1.10. The molecule has 0 atom stereocenters. The minimum Gasteiger partial charge on any atom is -0.126 e. The maximum atomic E-state index is 6.26. The summed E-state index contributed by atoms with van der Waals surface area (Å²) in [6, 6.07) is 7.98. The van der Waals surface area contributed by atoms with Crippen molar-refractivity contribution in [3.05, 3.63) is 34.9 Å². The molecule has 0 amide bonds. The molecular formula is C18H27Cl3. The molecule has 21 heavy (non-hydrogen) atoms. The van der Waals surface area contributed by atoms with E-state index in [0.29, 0.717) is 11.8 Å². The Morgan fingerprint density at radius 1 is 0.810 bits per heavy atom. The Labute approximate surface area is 145 Å². The zero-order valence-electron chi connectivity index (χ0n) is 13.0. The largest absolute Gasteiger partial charge is 0.126 e. The quantitative estimate of drug-likeness (QED) is 0.293. The highest BCUT2D eigenvalue weighted by Gasteiger charge is 2.29. The first-order valence-electron chi connectivity index (χ1n) is 8.06. The van der Waals surface area contributed by atoms with Gasteiger partial charge in [-0.3, -0.25) is 0 Å². The van der Waals surface area contributed by atoms with Crippen molar-refractivity contribution < 1.29 is 0 Å². The molecule has 1 aromatic rings. The van der Waals surface area contributed by atoms with E-state index >= 15 is 0 Å². The number of benzene rings is 1. The Balaban J connectivity index is 2.47. The molecule has 0 fully saturated rings. The van der Waals surface area contributed by atoms with E-state index in [9.17, 15) is 0 Å². The fourth-order valence-electron chi connectivity index (χ4n) is 2.69. The second-order valence-electron chi connectivity index (χ2n) is 5.93. The van der Waals surface area contributed by atoms with Gasteiger partial charge in [-0.2, -0.15) is 0 Å². The number of unbranched alkanes of at least 4 members (excludes halogenated alkanes) is 6. The maximum Gasteiger partial charge on any atom is 0.0406 e. The van der Waals surface area contributed by atoms with Crippen molar-refractivity contribution in [2.75, 3.05) is 11.8 Å². The van der Waals surface area contributed by atoms with Crippen molar-refractivity contribution in [3.8, 4) is 0 Å². The van der Waals surface area contributed by atoms with Crippen LogP contribution in [-0.2, 0) is 5.41 Å². The van der Waals surface area contributed by atoms with Crippen molar-refractivity contribution in [3.63, 3.8) is 0 Å². The van der Waals surface area contributed by atoms with E-state index in [1.165, 1.54) is 50.5 Å². The molecule has 0 heterocycles. The third-order valence-electron chi connectivity index (χ3n) is 4.23. The van der Waals surface area contributed by atoms with Crippen molar-refractivity contribution in [1.29, 1.82) is 0 Å². The fourth-order valence-corrected chi connectivity index (χ4v) is 3.68. The van der Waals surface area contributed by atoms with Crippen LogP contribution < -0.4 is 0 Å². The molecule has 0 aliphatic heterocycles. The van der Waals surface area contributed by atoms with Crippen molar-refractivity contribution >= 4 is 34.8 Å². The van der Waals surface area contributed by atoms with Crippen LogP contribution in [0.25, 0.3) is 0 Å². The topological polar surface area (TPSA) is 0 Å². The molecule has 0 saturated heterocycles. The summed E-state index contributed by atoms with van der Waals surface area (Å²) in [6.45, 7) is 2.25. The van der Waals surface area contributed by atoms with Crippen LogP contribution in [0.15, 0.2) is 24.3 Å². The van der Waals surface area contributed by atoms with Gasteiger partial charge in [0.15, 0.2) is 0 Å². The average molecular weight is 350 g/mol. The highest BCUT2D eigenvalue weighted by atomic mass is 35.5. The van der Waals surface area contributed by atoms with E-state index in [1.807, 2.05) is 12.1 Å². The van der Waals surface area contributed by atoms with Gasteiger partial charge in [0.2, 0.25) is 0 Å². The minimum absolute atomic E-state index is 0.114. The second-order valence-corrected chi connectivity index (χ2v) is 6.90. The third-order valence-corrected chi connectivity index (χ3v) is 5.50. The SMILES string of the molecule is CCCCCCCCCC(CCl)(CCl)c1ccc(Cl)cc1. The van der Waals surface area contributed by atoms with Crippen LogP contribution in [0.2, 0.25) is 5.02 Å². The lowest BCUT2D eigenvalue weighted by atomic mass is 9.79. The molecule has 3 heteroatoms. The number of hydrogen-bond acceptors (Lipinski definition) is 0. The number of halogens is 3. The van der Waals surface area contributed by atoms with Crippen LogP contribution in [0, 0.1) is 0 Å². The van der Waals surface area contributed by atoms with Crippen LogP contribution in [-0.4, -0.2) is 11.8 Å². The standard InChI is InChI=1S/C18H27Cl3/c1-2-3-4-5-6-7-8-13-18(14-19,15-20)16-9-11-17(21)12-10-16/h9-12H,2-8,13-15H2,1H3. The van der Waals surface area contributed by atoms with E-state index in [4.69, 9.17) is 34.8 Å². The van der Waals surface area contributed by atoms with Crippen molar-refractivity contribution in [2.45, 2.75) is 63.7 Å². The van der Waals surface area contributed by atoms with Crippen LogP contribution in [0.3, 0.4) is 0 Å². The predicted molar refractivity (Wildman–Crippen MR) is 97.2 cm³/mol. The van der Waals surface area contributed by atoms with Gasteiger partial charge < -0.3 is 0 Å². The molecule has 0 spiro atoms. The fraction of sp³-hybridized carbons (Fsp3) is 0.667. The lowest BCUT2D eigenvalue weighted by Crippen LogP contribution is -2.30. The molecule has 0 unspecified atom stereocenters. The van der Waals surface area contributed by atoms with E-state index < -0.39 is 0 Å². The highest BCUT2D eigenvalue weighted by Crippen LogP contribution is 2.34. The molecule has 0 radical (unpaired) electrons. The van der Waals surface area contributed by atoms with Gasteiger partial charge in [0.25, 0.3) is 0 Å². The van der Waals surface area contributed by atoms with E-state index in [-0.39, 0.29) is 5.41 Å². The summed E-state index contributed by atoms with van der Waals surface area (Å²) in [6.07, 6.45) is 10.2. The van der Waals surface area contributed by atoms with Gasteiger partial charge in [0.1, 0.15) is 0 Å². The first-order chi connectivity index (χ1) is 10.2. The lowest BCUT2D eigenvalue weighted by molar-refractivity contribution is 0.451. The summed E-state index contributed by atoms with van der Waals surface area (Å²) in [4.78, 5) is 0. The van der Waals surface area contributed by atoms with Gasteiger partial charge in [0, 0.05) is 22.2 Å². The van der Waals surface area contributed by atoms with Gasteiger partial charge in [-0.1, -0.05) is 75.6 Å².